The van der Waals surface area contributed by atoms with E-state index in [9.17, 15) is 0 Å². The van der Waals surface area contributed by atoms with Crippen LogP contribution in [0.1, 0.15) is 44.0 Å². The second-order valence-corrected chi connectivity index (χ2v) is 6.63. The van der Waals surface area contributed by atoms with E-state index in [0.717, 1.165) is 42.7 Å². The second kappa shape index (κ2) is 5.43. The number of aromatic nitrogens is 2. The lowest BCUT2D eigenvalue weighted by Gasteiger charge is -2.33. The molecule has 1 heterocycles. The van der Waals surface area contributed by atoms with Crippen molar-refractivity contribution in [3.63, 3.8) is 0 Å². The van der Waals surface area contributed by atoms with Crippen molar-refractivity contribution in [3.05, 3.63) is 34.6 Å². The van der Waals surface area contributed by atoms with Gasteiger partial charge in [0.15, 0.2) is 5.82 Å². The average molecular weight is 306 g/mol. The fourth-order valence-electron chi connectivity index (χ4n) is 2.77. The molecular weight excluding hydrogens is 286 g/mol. The number of rotatable bonds is 2. The largest absolute Gasteiger partial charge is 0.334 e. The highest BCUT2D eigenvalue weighted by molar-refractivity contribution is 6.31. The SMILES string of the molecule is Cc1ccc(-c2nc(C3(N)CCC(C)CC3)no2)cc1Cl. The molecule has 1 aromatic carbocycles. The van der Waals surface area contributed by atoms with E-state index in [-0.39, 0.29) is 0 Å². The Morgan fingerprint density at radius 1 is 1.33 bits per heavy atom. The summed E-state index contributed by atoms with van der Waals surface area (Å²) in [6, 6.07) is 5.73. The van der Waals surface area contributed by atoms with Gasteiger partial charge in [-0.15, -0.1) is 0 Å². The first-order valence-electron chi connectivity index (χ1n) is 7.37. The summed E-state index contributed by atoms with van der Waals surface area (Å²) in [7, 11) is 0. The van der Waals surface area contributed by atoms with Gasteiger partial charge in [-0.1, -0.05) is 29.7 Å². The Hall–Kier alpha value is -1.39. The summed E-state index contributed by atoms with van der Waals surface area (Å²) in [5.74, 6) is 1.82. The quantitative estimate of drug-likeness (QED) is 0.908. The summed E-state index contributed by atoms with van der Waals surface area (Å²) < 4.78 is 5.39. The Labute approximate surface area is 129 Å². The van der Waals surface area contributed by atoms with Gasteiger partial charge in [-0.05, 0) is 56.2 Å². The van der Waals surface area contributed by atoms with Crippen LogP contribution in [0.4, 0.5) is 0 Å². The van der Waals surface area contributed by atoms with Crippen molar-refractivity contribution < 1.29 is 4.52 Å². The van der Waals surface area contributed by atoms with E-state index in [0.29, 0.717) is 16.7 Å². The molecule has 0 bridgehead atoms. The highest BCUT2D eigenvalue weighted by atomic mass is 35.5. The molecule has 0 radical (unpaired) electrons. The van der Waals surface area contributed by atoms with Crippen molar-refractivity contribution in [2.75, 3.05) is 0 Å². The molecule has 3 rings (SSSR count). The smallest absolute Gasteiger partial charge is 0.258 e. The maximum absolute atomic E-state index is 6.48. The third-order valence-corrected chi connectivity index (χ3v) is 4.86. The van der Waals surface area contributed by atoms with E-state index in [4.69, 9.17) is 21.9 Å². The van der Waals surface area contributed by atoms with Gasteiger partial charge in [0.2, 0.25) is 0 Å². The van der Waals surface area contributed by atoms with Crippen molar-refractivity contribution in [2.24, 2.45) is 11.7 Å². The summed E-state index contributed by atoms with van der Waals surface area (Å²) >= 11 is 6.15. The Morgan fingerprint density at radius 2 is 2.05 bits per heavy atom. The van der Waals surface area contributed by atoms with Crippen molar-refractivity contribution in [1.82, 2.24) is 10.1 Å². The molecule has 1 saturated carbocycles. The molecule has 2 N–H and O–H groups in total. The molecule has 1 aliphatic carbocycles. The minimum atomic E-state index is -0.456. The van der Waals surface area contributed by atoms with E-state index < -0.39 is 5.54 Å². The summed E-state index contributed by atoms with van der Waals surface area (Å²) in [6.07, 6.45) is 4.02. The zero-order valence-corrected chi connectivity index (χ0v) is 13.2. The van der Waals surface area contributed by atoms with Gasteiger partial charge >= 0.3 is 0 Å². The molecule has 0 spiro atoms. The number of nitrogens with zero attached hydrogens (tertiary/aromatic N) is 2. The van der Waals surface area contributed by atoms with E-state index in [1.165, 1.54) is 0 Å². The first-order chi connectivity index (χ1) is 9.98. The number of nitrogens with two attached hydrogens (primary N) is 1. The molecule has 2 aromatic rings. The maximum Gasteiger partial charge on any atom is 0.258 e. The van der Waals surface area contributed by atoms with Crippen LogP contribution in [0.5, 0.6) is 0 Å². The van der Waals surface area contributed by atoms with Gasteiger partial charge in [0.1, 0.15) is 0 Å². The molecule has 0 aliphatic heterocycles. The van der Waals surface area contributed by atoms with Crippen LogP contribution in [0.3, 0.4) is 0 Å². The first kappa shape index (κ1) is 14.5. The average Bonchev–Trinajstić information content (AvgIpc) is 2.96. The van der Waals surface area contributed by atoms with Gasteiger partial charge in [0.25, 0.3) is 5.89 Å². The van der Waals surface area contributed by atoms with Gasteiger partial charge in [-0.2, -0.15) is 4.98 Å². The van der Waals surface area contributed by atoms with Gasteiger partial charge in [0.05, 0.1) is 5.54 Å². The zero-order valence-electron chi connectivity index (χ0n) is 12.4. The van der Waals surface area contributed by atoms with E-state index in [2.05, 4.69) is 17.1 Å². The minimum absolute atomic E-state index is 0.456. The molecular formula is C16H20ClN3O. The standard InChI is InChI=1S/C16H20ClN3O/c1-10-5-7-16(18,8-6-10)15-19-14(21-20-15)12-4-3-11(2)13(17)9-12/h3-4,9-10H,5-8,18H2,1-2H3. The molecule has 0 unspecified atom stereocenters. The van der Waals surface area contributed by atoms with Crippen molar-refractivity contribution >= 4 is 11.6 Å². The van der Waals surface area contributed by atoms with Crippen LogP contribution in [0.25, 0.3) is 11.5 Å². The highest BCUT2D eigenvalue weighted by Crippen LogP contribution is 2.36. The third-order valence-electron chi connectivity index (χ3n) is 4.46. The molecule has 1 aromatic heterocycles. The van der Waals surface area contributed by atoms with Crippen LogP contribution >= 0.6 is 11.6 Å². The molecule has 1 aliphatic rings. The predicted molar refractivity (Wildman–Crippen MR) is 83.0 cm³/mol. The number of aryl methyl sites for hydroxylation is 1. The number of hydrogen-bond acceptors (Lipinski definition) is 4. The third kappa shape index (κ3) is 2.83. The van der Waals surface area contributed by atoms with Crippen LogP contribution in [-0.4, -0.2) is 10.1 Å². The monoisotopic (exact) mass is 305 g/mol. The molecule has 0 saturated heterocycles. The summed E-state index contributed by atoms with van der Waals surface area (Å²) in [5.41, 5.74) is 7.88. The van der Waals surface area contributed by atoms with Gasteiger partial charge in [0, 0.05) is 10.6 Å². The summed E-state index contributed by atoms with van der Waals surface area (Å²) in [5, 5.41) is 4.81. The molecule has 0 amide bonds. The van der Waals surface area contributed by atoms with E-state index in [1.807, 2.05) is 25.1 Å². The molecule has 4 nitrogen and oxygen atoms in total. The van der Waals surface area contributed by atoms with Crippen molar-refractivity contribution in [2.45, 2.75) is 45.1 Å². The van der Waals surface area contributed by atoms with Crippen molar-refractivity contribution in [1.29, 1.82) is 0 Å². The number of halogens is 1. The predicted octanol–water partition coefficient (Wildman–Crippen LogP) is 4.06. The number of hydrogen-bond donors (Lipinski definition) is 1. The topological polar surface area (TPSA) is 64.9 Å². The van der Waals surface area contributed by atoms with Crippen LogP contribution in [0.15, 0.2) is 22.7 Å². The lowest BCUT2D eigenvalue weighted by atomic mass is 9.77. The molecule has 112 valence electrons. The molecule has 1 fully saturated rings. The Balaban J connectivity index is 1.87. The van der Waals surface area contributed by atoms with E-state index >= 15 is 0 Å². The lowest BCUT2D eigenvalue weighted by Crippen LogP contribution is -2.41. The lowest BCUT2D eigenvalue weighted by molar-refractivity contribution is 0.230. The Morgan fingerprint density at radius 3 is 2.71 bits per heavy atom. The first-order valence-corrected chi connectivity index (χ1v) is 7.75. The molecule has 5 heteroatoms. The van der Waals surface area contributed by atoms with Crippen LogP contribution in [0, 0.1) is 12.8 Å². The summed E-state index contributed by atoms with van der Waals surface area (Å²) in [6.45, 7) is 4.22. The Kier molecular flexibility index (Phi) is 3.76. The van der Waals surface area contributed by atoms with Crippen LogP contribution in [-0.2, 0) is 5.54 Å². The Bertz CT molecular complexity index is 645. The fraction of sp³-hybridized carbons (Fsp3) is 0.500. The fourth-order valence-corrected chi connectivity index (χ4v) is 2.95. The highest BCUT2D eigenvalue weighted by Gasteiger charge is 2.36. The zero-order chi connectivity index (χ0) is 15.0. The van der Waals surface area contributed by atoms with Gasteiger partial charge < -0.3 is 10.3 Å². The number of benzene rings is 1. The molecule has 0 atom stereocenters. The maximum atomic E-state index is 6.48. The van der Waals surface area contributed by atoms with E-state index in [1.54, 1.807) is 0 Å². The van der Waals surface area contributed by atoms with Crippen molar-refractivity contribution in [3.8, 4) is 11.5 Å². The second-order valence-electron chi connectivity index (χ2n) is 6.23. The van der Waals surface area contributed by atoms with Gasteiger partial charge in [-0.3, -0.25) is 0 Å². The molecule has 21 heavy (non-hydrogen) atoms. The van der Waals surface area contributed by atoms with Crippen LogP contribution < -0.4 is 5.73 Å². The van der Waals surface area contributed by atoms with Crippen LogP contribution in [0.2, 0.25) is 5.02 Å². The minimum Gasteiger partial charge on any atom is -0.334 e. The van der Waals surface area contributed by atoms with Gasteiger partial charge in [-0.25, -0.2) is 0 Å². The summed E-state index contributed by atoms with van der Waals surface area (Å²) in [4.78, 5) is 4.51. The normalized spacial score (nSPS) is 26.0.